The molecule has 0 aromatic heterocycles. The summed E-state index contributed by atoms with van der Waals surface area (Å²) in [4.78, 5) is 23.8. The van der Waals surface area contributed by atoms with Gasteiger partial charge < -0.3 is 15.4 Å². The number of amides is 2. The van der Waals surface area contributed by atoms with Gasteiger partial charge in [0.05, 0.1) is 13.7 Å². The predicted octanol–water partition coefficient (Wildman–Crippen LogP) is 2.37. The normalized spacial score (nSPS) is 9.91. The van der Waals surface area contributed by atoms with E-state index >= 15 is 0 Å². The van der Waals surface area contributed by atoms with E-state index in [1.807, 2.05) is 25.1 Å². The number of carbonyl (C=O) groups is 2. The molecular formula is C17H18N2O3. The summed E-state index contributed by atoms with van der Waals surface area (Å²) in [5, 5.41) is 5.31. The molecule has 2 N–H and O–H groups in total. The Bertz CT molecular complexity index is 683. The molecule has 0 unspecified atom stereocenters. The zero-order chi connectivity index (χ0) is 15.9. The molecule has 22 heavy (non-hydrogen) atoms. The monoisotopic (exact) mass is 298 g/mol. The van der Waals surface area contributed by atoms with Crippen LogP contribution in [0.3, 0.4) is 0 Å². The van der Waals surface area contributed by atoms with Gasteiger partial charge >= 0.3 is 0 Å². The van der Waals surface area contributed by atoms with Gasteiger partial charge in [-0.15, -0.1) is 0 Å². The number of nitrogens with one attached hydrogen (secondary N) is 2. The molecule has 114 valence electrons. The van der Waals surface area contributed by atoms with Gasteiger partial charge in [0.1, 0.15) is 5.75 Å². The van der Waals surface area contributed by atoms with E-state index in [9.17, 15) is 9.59 Å². The molecule has 2 amide bonds. The van der Waals surface area contributed by atoms with E-state index in [1.165, 1.54) is 7.11 Å². The minimum Gasteiger partial charge on any atom is -0.497 e. The molecule has 0 fully saturated rings. The van der Waals surface area contributed by atoms with Crippen LogP contribution in [0.5, 0.6) is 5.75 Å². The Hall–Kier alpha value is -2.82. The van der Waals surface area contributed by atoms with Crippen molar-refractivity contribution in [3.63, 3.8) is 0 Å². The molecule has 5 nitrogen and oxygen atoms in total. The Balaban J connectivity index is 1.89. The third-order valence-electron chi connectivity index (χ3n) is 3.04. The number of carbonyl (C=O) groups excluding carboxylic acids is 2. The summed E-state index contributed by atoms with van der Waals surface area (Å²) in [6.45, 7) is 1.85. The molecule has 5 heteroatoms. The van der Waals surface area contributed by atoms with Crippen molar-refractivity contribution in [2.75, 3.05) is 19.0 Å². The fourth-order valence-electron chi connectivity index (χ4n) is 1.95. The predicted molar refractivity (Wildman–Crippen MR) is 85.1 cm³/mol. The third kappa shape index (κ3) is 4.34. The van der Waals surface area contributed by atoms with Gasteiger partial charge in [-0.25, -0.2) is 0 Å². The lowest BCUT2D eigenvalue weighted by molar-refractivity contribution is -0.115. The highest BCUT2D eigenvalue weighted by Gasteiger charge is 2.09. The standard InChI is InChI=1S/C17H18N2O3/c1-12-5-3-7-14(9-12)19-16(20)11-18-17(21)13-6-4-8-15(10-13)22-2/h3-10H,11H2,1-2H3,(H,18,21)(H,19,20). The quantitative estimate of drug-likeness (QED) is 0.890. The van der Waals surface area contributed by atoms with Crippen molar-refractivity contribution in [2.45, 2.75) is 6.92 Å². The lowest BCUT2D eigenvalue weighted by Gasteiger charge is -2.08. The molecular weight excluding hydrogens is 280 g/mol. The first-order chi connectivity index (χ1) is 10.6. The molecule has 0 heterocycles. The SMILES string of the molecule is COc1cccc(C(=O)NCC(=O)Nc2cccc(C)c2)c1. The first-order valence-electron chi connectivity index (χ1n) is 6.87. The van der Waals surface area contributed by atoms with E-state index in [0.717, 1.165) is 5.56 Å². The van der Waals surface area contributed by atoms with Crippen LogP contribution in [0.25, 0.3) is 0 Å². The van der Waals surface area contributed by atoms with Crippen LogP contribution in [0.4, 0.5) is 5.69 Å². The van der Waals surface area contributed by atoms with Crippen LogP contribution < -0.4 is 15.4 Å². The topological polar surface area (TPSA) is 67.4 Å². The summed E-state index contributed by atoms with van der Waals surface area (Å²) in [6.07, 6.45) is 0. The summed E-state index contributed by atoms with van der Waals surface area (Å²) in [5.74, 6) is -0.00278. The highest BCUT2D eigenvalue weighted by atomic mass is 16.5. The Labute approximate surface area is 129 Å². The van der Waals surface area contributed by atoms with Gasteiger partial charge in [-0.3, -0.25) is 9.59 Å². The maximum absolute atomic E-state index is 12.0. The molecule has 2 rings (SSSR count). The second-order valence-corrected chi connectivity index (χ2v) is 4.83. The number of ether oxygens (including phenoxy) is 1. The van der Waals surface area contributed by atoms with Crippen LogP contribution in [0.15, 0.2) is 48.5 Å². The fraction of sp³-hybridized carbons (Fsp3) is 0.176. The van der Waals surface area contributed by atoms with Gasteiger partial charge in [0.25, 0.3) is 5.91 Å². The van der Waals surface area contributed by atoms with Crippen LogP contribution in [0, 0.1) is 6.92 Å². The van der Waals surface area contributed by atoms with Crippen molar-refractivity contribution in [1.29, 1.82) is 0 Å². The maximum atomic E-state index is 12.0. The van der Waals surface area contributed by atoms with E-state index in [0.29, 0.717) is 17.0 Å². The molecule has 0 radical (unpaired) electrons. The third-order valence-corrected chi connectivity index (χ3v) is 3.04. The van der Waals surface area contributed by atoms with E-state index in [1.54, 1.807) is 30.3 Å². The number of methoxy groups -OCH3 is 1. The summed E-state index contributed by atoms with van der Waals surface area (Å²) < 4.78 is 5.06. The largest absolute Gasteiger partial charge is 0.497 e. The number of benzene rings is 2. The molecule has 0 aliphatic carbocycles. The fourth-order valence-corrected chi connectivity index (χ4v) is 1.95. The molecule has 0 saturated heterocycles. The molecule has 0 aliphatic heterocycles. The maximum Gasteiger partial charge on any atom is 0.251 e. The average molecular weight is 298 g/mol. The Morgan fingerprint density at radius 3 is 2.59 bits per heavy atom. The smallest absolute Gasteiger partial charge is 0.251 e. The Morgan fingerprint density at radius 2 is 1.86 bits per heavy atom. The van der Waals surface area contributed by atoms with Gasteiger partial charge in [-0.2, -0.15) is 0 Å². The summed E-state index contributed by atoms with van der Waals surface area (Å²) in [6, 6.07) is 14.2. The van der Waals surface area contributed by atoms with Crippen LogP contribution in [0.2, 0.25) is 0 Å². The number of rotatable bonds is 5. The van der Waals surface area contributed by atoms with Crippen molar-refractivity contribution < 1.29 is 14.3 Å². The van der Waals surface area contributed by atoms with Gasteiger partial charge in [-0.1, -0.05) is 18.2 Å². The van der Waals surface area contributed by atoms with Crippen LogP contribution in [-0.2, 0) is 4.79 Å². The Kier molecular flexibility index (Phi) is 5.14. The van der Waals surface area contributed by atoms with Crippen molar-refractivity contribution in [2.24, 2.45) is 0 Å². The first kappa shape index (κ1) is 15.6. The minimum atomic E-state index is -0.321. The molecule has 0 aliphatic rings. The van der Waals surface area contributed by atoms with E-state index in [4.69, 9.17) is 4.74 Å². The van der Waals surface area contributed by atoms with Crippen molar-refractivity contribution in [3.8, 4) is 5.75 Å². The molecule has 0 spiro atoms. The minimum absolute atomic E-state index is 0.0933. The highest BCUT2D eigenvalue weighted by Crippen LogP contribution is 2.12. The van der Waals surface area contributed by atoms with Crippen molar-refractivity contribution in [1.82, 2.24) is 5.32 Å². The first-order valence-corrected chi connectivity index (χ1v) is 6.87. The van der Waals surface area contributed by atoms with Crippen molar-refractivity contribution >= 4 is 17.5 Å². The van der Waals surface area contributed by atoms with E-state index in [-0.39, 0.29) is 18.4 Å². The van der Waals surface area contributed by atoms with Gasteiger partial charge in [-0.05, 0) is 42.8 Å². The summed E-state index contributed by atoms with van der Waals surface area (Å²) in [5.41, 5.74) is 2.21. The van der Waals surface area contributed by atoms with E-state index in [2.05, 4.69) is 10.6 Å². The summed E-state index contributed by atoms with van der Waals surface area (Å²) in [7, 11) is 1.53. The molecule has 2 aromatic rings. The molecule has 0 saturated carbocycles. The van der Waals surface area contributed by atoms with Gasteiger partial charge in [0, 0.05) is 11.3 Å². The van der Waals surface area contributed by atoms with Crippen LogP contribution in [-0.4, -0.2) is 25.5 Å². The second-order valence-electron chi connectivity index (χ2n) is 4.83. The number of hydrogen-bond donors (Lipinski definition) is 2. The lowest BCUT2D eigenvalue weighted by atomic mass is 10.2. The lowest BCUT2D eigenvalue weighted by Crippen LogP contribution is -2.32. The van der Waals surface area contributed by atoms with Crippen LogP contribution >= 0.6 is 0 Å². The molecule has 2 aromatic carbocycles. The van der Waals surface area contributed by atoms with Gasteiger partial charge in [0.2, 0.25) is 5.91 Å². The highest BCUT2D eigenvalue weighted by molar-refractivity contribution is 5.99. The van der Waals surface area contributed by atoms with Crippen LogP contribution in [0.1, 0.15) is 15.9 Å². The van der Waals surface area contributed by atoms with Gasteiger partial charge in [0.15, 0.2) is 0 Å². The second kappa shape index (κ2) is 7.26. The number of anilines is 1. The Morgan fingerprint density at radius 1 is 1.09 bits per heavy atom. The summed E-state index contributed by atoms with van der Waals surface area (Å²) >= 11 is 0. The van der Waals surface area contributed by atoms with Crippen molar-refractivity contribution in [3.05, 3.63) is 59.7 Å². The average Bonchev–Trinajstić information content (AvgIpc) is 2.52. The molecule has 0 atom stereocenters. The number of hydrogen-bond acceptors (Lipinski definition) is 3. The zero-order valence-corrected chi connectivity index (χ0v) is 12.6. The molecule has 0 bridgehead atoms. The number of aryl methyl sites for hydroxylation is 1. The zero-order valence-electron chi connectivity index (χ0n) is 12.6. The van der Waals surface area contributed by atoms with E-state index < -0.39 is 0 Å².